The average molecular weight is 236 g/mol. The monoisotopic (exact) mass is 236 g/mol. The van der Waals surface area contributed by atoms with E-state index in [9.17, 15) is 4.79 Å². The lowest BCUT2D eigenvalue weighted by molar-refractivity contribution is 0.0918. The van der Waals surface area contributed by atoms with E-state index in [0.29, 0.717) is 5.92 Å². The number of benzene rings is 2. The van der Waals surface area contributed by atoms with Gasteiger partial charge in [-0.15, -0.1) is 0 Å². The highest BCUT2D eigenvalue weighted by Crippen LogP contribution is 2.30. The molecule has 0 spiro atoms. The van der Waals surface area contributed by atoms with Crippen molar-refractivity contribution in [3.63, 3.8) is 0 Å². The van der Waals surface area contributed by atoms with Gasteiger partial charge >= 0.3 is 0 Å². The van der Waals surface area contributed by atoms with E-state index in [2.05, 4.69) is 38.1 Å². The molecule has 18 heavy (non-hydrogen) atoms. The van der Waals surface area contributed by atoms with E-state index in [-0.39, 0.29) is 11.7 Å². The summed E-state index contributed by atoms with van der Waals surface area (Å²) in [4.78, 5) is 12.5. The van der Waals surface area contributed by atoms with Crippen molar-refractivity contribution in [2.45, 2.75) is 13.8 Å². The molecule has 0 N–H and O–H groups in total. The minimum Gasteiger partial charge on any atom is -0.293 e. The summed E-state index contributed by atoms with van der Waals surface area (Å²) in [6.07, 6.45) is 4.14. The summed E-state index contributed by atoms with van der Waals surface area (Å²) in [6.45, 7) is 4.19. The van der Waals surface area contributed by atoms with E-state index in [4.69, 9.17) is 0 Å². The van der Waals surface area contributed by atoms with E-state index in [1.54, 1.807) is 0 Å². The number of hydrogen-bond acceptors (Lipinski definition) is 1. The van der Waals surface area contributed by atoms with Gasteiger partial charge in [-0.05, 0) is 34.4 Å². The Labute approximate surface area is 107 Å². The van der Waals surface area contributed by atoms with E-state index in [1.165, 1.54) is 5.39 Å². The van der Waals surface area contributed by atoms with Gasteiger partial charge < -0.3 is 0 Å². The third-order valence-electron chi connectivity index (χ3n) is 3.69. The van der Waals surface area contributed by atoms with Gasteiger partial charge in [0.15, 0.2) is 5.78 Å². The largest absolute Gasteiger partial charge is 0.293 e. The van der Waals surface area contributed by atoms with E-state index < -0.39 is 0 Å². The first-order chi connectivity index (χ1) is 8.66. The van der Waals surface area contributed by atoms with Crippen molar-refractivity contribution in [1.82, 2.24) is 0 Å². The summed E-state index contributed by atoms with van der Waals surface area (Å²) in [5, 5.41) is 2.33. The Balaban J connectivity index is 2.20. The lowest BCUT2D eigenvalue weighted by Gasteiger charge is -2.21. The Bertz CT molecular complexity index is 650. The summed E-state index contributed by atoms with van der Waals surface area (Å²) in [6, 6.07) is 12.3. The molecule has 1 nitrogen and oxygen atoms in total. The number of ketones is 1. The molecule has 0 saturated heterocycles. The predicted octanol–water partition coefficient (Wildman–Crippen LogP) is 4.32. The highest BCUT2D eigenvalue weighted by Gasteiger charge is 2.25. The molecule has 2 aromatic rings. The third-order valence-corrected chi connectivity index (χ3v) is 3.69. The highest BCUT2D eigenvalue weighted by molar-refractivity contribution is 6.07. The smallest absolute Gasteiger partial charge is 0.170 e. The van der Waals surface area contributed by atoms with Crippen molar-refractivity contribution in [3.8, 4) is 0 Å². The number of hydrogen-bond donors (Lipinski definition) is 0. The van der Waals surface area contributed by atoms with Gasteiger partial charge in [0.05, 0.1) is 0 Å². The van der Waals surface area contributed by atoms with Crippen LogP contribution in [0.15, 0.2) is 42.5 Å². The fraction of sp³-hybridized carbons (Fsp3) is 0.235. The lowest BCUT2D eigenvalue weighted by atomic mass is 9.81. The molecule has 1 unspecified atom stereocenters. The lowest BCUT2D eigenvalue weighted by Crippen LogP contribution is -2.21. The Morgan fingerprint density at radius 1 is 1.06 bits per heavy atom. The van der Waals surface area contributed by atoms with Crippen LogP contribution in [0, 0.1) is 11.8 Å². The number of allylic oxidation sites excluding steroid dienone is 1. The van der Waals surface area contributed by atoms with E-state index >= 15 is 0 Å². The quantitative estimate of drug-likeness (QED) is 0.720. The maximum absolute atomic E-state index is 12.5. The molecule has 0 radical (unpaired) electrons. The van der Waals surface area contributed by atoms with Crippen LogP contribution < -0.4 is 0 Å². The first-order valence-corrected chi connectivity index (χ1v) is 6.42. The zero-order valence-corrected chi connectivity index (χ0v) is 10.7. The summed E-state index contributed by atoms with van der Waals surface area (Å²) in [7, 11) is 0. The van der Waals surface area contributed by atoms with Gasteiger partial charge in [-0.1, -0.05) is 50.3 Å². The molecule has 1 aliphatic rings. The Morgan fingerprint density at radius 3 is 2.39 bits per heavy atom. The second-order valence-electron chi connectivity index (χ2n) is 5.28. The van der Waals surface area contributed by atoms with Crippen molar-refractivity contribution in [2.24, 2.45) is 11.8 Å². The van der Waals surface area contributed by atoms with Crippen molar-refractivity contribution in [2.75, 3.05) is 0 Å². The molecule has 0 amide bonds. The van der Waals surface area contributed by atoms with Gasteiger partial charge in [-0.2, -0.15) is 0 Å². The third kappa shape index (κ3) is 1.67. The van der Waals surface area contributed by atoms with Crippen molar-refractivity contribution >= 4 is 22.6 Å². The van der Waals surface area contributed by atoms with Crippen molar-refractivity contribution in [1.29, 1.82) is 0 Å². The maximum Gasteiger partial charge on any atom is 0.170 e. The van der Waals surface area contributed by atoms with Crippen LogP contribution in [-0.2, 0) is 0 Å². The van der Waals surface area contributed by atoms with Gasteiger partial charge in [0.1, 0.15) is 0 Å². The topological polar surface area (TPSA) is 17.1 Å². The molecule has 90 valence electrons. The standard InChI is InChI=1S/C17H16O/c1-11(2)15-8-7-14-9-12-5-3-4-6-13(12)10-16(14)17(15)18/h3-11,15H,1-2H3. The first kappa shape index (κ1) is 11.2. The second kappa shape index (κ2) is 4.09. The molecule has 1 aliphatic carbocycles. The highest BCUT2D eigenvalue weighted by atomic mass is 16.1. The molecule has 0 aliphatic heterocycles. The van der Waals surface area contributed by atoms with Crippen LogP contribution in [-0.4, -0.2) is 5.78 Å². The minimum atomic E-state index is 0.0265. The number of carbonyl (C=O) groups excluding carboxylic acids is 1. The van der Waals surface area contributed by atoms with Gasteiger partial charge in [-0.25, -0.2) is 0 Å². The molecule has 1 atom stereocenters. The maximum atomic E-state index is 12.5. The van der Waals surface area contributed by atoms with Crippen LogP contribution in [0.3, 0.4) is 0 Å². The molecule has 0 fully saturated rings. The number of fused-ring (bicyclic) bond motifs is 2. The second-order valence-corrected chi connectivity index (χ2v) is 5.28. The number of Topliss-reactive ketones (excluding diaryl/α,β-unsaturated/α-hetero) is 1. The molecule has 0 bridgehead atoms. The predicted molar refractivity (Wildman–Crippen MR) is 75.6 cm³/mol. The fourth-order valence-electron chi connectivity index (χ4n) is 2.61. The molecule has 3 rings (SSSR count). The normalized spacial score (nSPS) is 18.4. The Hall–Kier alpha value is -1.89. The van der Waals surface area contributed by atoms with Gasteiger partial charge in [0.2, 0.25) is 0 Å². The number of carbonyl (C=O) groups is 1. The van der Waals surface area contributed by atoms with Crippen LogP contribution >= 0.6 is 0 Å². The first-order valence-electron chi connectivity index (χ1n) is 6.42. The van der Waals surface area contributed by atoms with Gasteiger partial charge in [0.25, 0.3) is 0 Å². The SMILES string of the molecule is CC(C)C1C=Cc2cc3ccccc3cc2C1=O. The van der Waals surface area contributed by atoms with Crippen molar-refractivity contribution in [3.05, 3.63) is 53.6 Å². The Morgan fingerprint density at radius 2 is 1.72 bits per heavy atom. The summed E-state index contributed by atoms with van der Waals surface area (Å²) in [5.74, 6) is 0.639. The molecule has 2 aromatic carbocycles. The summed E-state index contributed by atoms with van der Waals surface area (Å²) >= 11 is 0. The molecule has 1 heteroatoms. The molecule has 0 saturated carbocycles. The van der Waals surface area contributed by atoms with Crippen LogP contribution in [0.1, 0.15) is 29.8 Å². The minimum absolute atomic E-state index is 0.0265. The van der Waals surface area contributed by atoms with Crippen LogP contribution in [0.4, 0.5) is 0 Å². The zero-order valence-electron chi connectivity index (χ0n) is 10.7. The van der Waals surface area contributed by atoms with Gasteiger partial charge in [-0.3, -0.25) is 4.79 Å². The average Bonchev–Trinajstić information content (AvgIpc) is 2.37. The van der Waals surface area contributed by atoms with Gasteiger partial charge in [0, 0.05) is 11.5 Å². The summed E-state index contributed by atoms with van der Waals surface area (Å²) < 4.78 is 0. The van der Waals surface area contributed by atoms with E-state index in [1.807, 2.05) is 24.3 Å². The molecular weight excluding hydrogens is 220 g/mol. The molecule has 0 heterocycles. The summed E-state index contributed by atoms with van der Waals surface area (Å²) in [5.41, 5.74) is 1.92. The van der Waals surface area contributed by atoms with E-state index in [0.717, 1.165) is 16.5 Å². The Kier molecular flexibility index (Phi) is 2.55. The van der Waals surface area contributed by atoms with Crippen LogP contribution in [0.25, 0.3) is 16.8 Å². The fourth-order valence-corrected chi connectivity index (χ4v) is 2.61. The number of rotatable bonds is 1. The molecular formula is C17H16O. The van der Waals surface area contributed by atoms with Crippen LogP contribution in [0.2, 0.25) is 0 Å². The van der Waals surface area contributed by atoms with Crippen LogP contribution in [0.5, 0.6) is 0 Å². The zero-order chi connectivity index (χ0) is 12.7. The molecule has 0 aromatic heterocycles. The van der Waals surface area contributed by atoms with Crippen molar-refractivity contribution < 1.29 is 4.79 Å².